The number of methoxy groups -OCH3 is 1. The molecule has 0 radical (unpaired) electrons. The molecule has 0 atom stereocenters. The first kappa shape index (κ1) is 23.1. The Balaban J connectivity index is 2.16. The van der Waals surface area contributed by atoms with Crippen LogP contribution in [0.2, 0.25) is 0 Å². The molecule has 0 saturated carbocycles. The second kappa shape index (κ2) is 7.55. The van der Waals surface area contributed by atoms with Crippen molar-refractivity contribution in [2.24, 2.45) is 0 Å². The number of sulfone groups is 1. The lowest BCUT2D eigenvalue weighted by molar-refractivity contribution is -0.132. The molecule has 7 heteroatoms. The maximum Gasteiger partial charge on any atom is 0.174 e. The summed E-state index contributed by atoms with van der Waals surface area (Å²) in [5.41, 5.74) is 2.79. The van der Waals surface area contributed by atoms with Crippen molar-refractivity contribution in [3.63, 3.8) is 0 Å². The van der Waals surface area contributed by atoms with E-state index in [1.165, 1.54) is 40.9 Å². The number of aryl methyl sites for hydroxylation is 1. The Hall–Kier alpha value is -2.54. The molecule has 2 aromatic rings. The Morgan fingerprint density at radius 2 is 1.45 bits per heavy atom. The topological polar surface area (TPSA) is 77.5 Å². The van der Waals surface area contributed by atoms with Gasteiger partial charge in [0.1, 0.15) is 15.4 Å². The van der Waals surface area contributed by atoms with E-state index in [1.807, 2.05) is 13.0 Å². The van der Waals surface area contributed by atoms with Crippen molar-refractivity contribution >= 4 is 21.4 Å². The smallest absolute Gasteiger partial charge is 0.174 e. The van der Waals surface area contributed by atoms with Gasteiger partial charge in [-0.15, -0.1) is 0 Å². The average molecular weight is 447 g/mol. The summed E-state index contributed by atoms with van der Waals surface area (Å²) in [6.45, 7) is 7.39. The average Bonchev–Trinajstić information content (AvgIpc) is 2.73. The van der Waals surface area contributed by atoms with Gasteiger partial charge in [-0.3, -0.25) is 9.59 Å². The summed E-state index contributed by atoms with van der Waals surface area (Å²) in [7, 11) is -2.62. The Kier molecular flexibility index (Phi) is 5.63. The third-order valence-electron chi connectivity index (χ3n) is 6.37. The van der Waals surface area contributed by atoms with Crippen LogP contribution in [0.25, 0.3) is 11.1 Å². The van der Waals surface area contributed by atoms with Gasteiger partial charge in [0.25, 0.3) is 0 Å². The molecule has 31 heavy (non-hydrogen) atoms. The standard InChI is InChI=1S/C24H27FO5S/c1-7-14-12-15(16-9-11-18(25)19(13-16)30-6)8-10-17(14)20-21(26)23(2,3)31(28,29)24(4,5)22(20)27/h8-13,20H,7H2,1-6H3. The lowest BCUT2D eigenvalue weighted by Crippen LogP contribution is -2.63. The van der Waals surface area contributed by atoms with Crippen molar-refractivity contribution in [1.82, 2.24) is 0 Å². The molecule has 5 nitrogen and oxygen atoms in total. The molecule has 2 aromatic carbocycles. The molecule has 0 aromatic heterocycles. The Morgan fingerprint density at radius 3 is 1.97 bits per heavy atom. The highest BCUT2D eigenvalue weighted by molar-refractivity contribution is 7.95. The summed E-state index contributed by atoms with van der Waals surface area (Å²) in [5, 5.41) is 0. The molecule has 0 aliphatic carbocycles. The zero-order chi connectivity index (χ0) is 23.4. The molecule has 0 bridgehead atoms. The monoisotopic (exact) mass is 446 g/mol. The first-order chi connectivity index (χ1) is 14.3. The second-order valence-corrected chi connectivity index (χ2v) is 11.9. The molecule has 0 unspecified atom stereocenters. The zero-order valence-corrected chi connectivity index (χ0v) is 19.4. The van der Waals surface area contributed by atoms with E-state index in [1.54, 1.807) is 24.3 Å². The summed E-state index contributed by atoms with van der Waals surface area (Å²) < 4.78 is 41.4. The molecule has 1 heterocycles. The van der Waals surface area contributed by atoms with Gasteiger partial charge in [0.05, 0.1) is 7.11 Å². The van der Waals surface area contributed by atoms with Crippen molar-refractivity contribution in [3.8, 4) is 16.9 Å². The SMILES string of the molecule is CCc1cc(-c2ccc(F)c(OC)c2)ccc1C1C(=O)C(C)(C)S(=O)(=O)C(C)(C)C1=O. The van der Waals surface area contributed by atoms with E-state index in [0.29, 0.717) is 12.0 Å². The predicted octanol–water partition coefficient (Wildman–Crippen LogP) is 4.27. The van der Waals surface area contributed by atoms with Gasteiger partial charge in [0.15, 0.2) is 33.0 Å². The van der Waals surface area contributed by atoms with Gasteiger partial charge in [-0.2, -0.15) is 0 Å². The van der Waals surface area contributed by atoms with E-state index >= 15 is 0 Å². The van der Waals surface area contributed by atoms with Crippen molar-refractivity contribution in [2.75, 3.05) is 7.11 Å². The molecule has 1 aliphatic heterocycles. The Morgan fingerprint density at radius 1 is 0.935 bits per heavy atom. The third-order valence-corrected chi connectivity index (χ3v) is 9.46. The number of Topliss-reactive ketones (excluding diaryl/α,β-unsaturated/α-hetero) is 2. The van der Waals surface area contributed by atoms with Gasteiger partial charge in [0.2, 0.25) is 0 Å². The van der Waals surface area contributed by atoms with Crippen molar-refractivity contribution < 1.29 is 27.1 Å². The number of carbonyl (C=O) groups is 2. The number of hydrogen-bond acceptors (Lipinski definition) is 5. The molecule has 166 valence electrons. The normalized spacial score (nSPS) is 20.0. The first-order valence-electron chi connectivity index (χ1n) is 10.1. The maximum absolute atomic E-state index is 13.8. The maximum atomic E-state index is 13.8. The van der Waals surface area contributed by atoms with Crippen LogP contribution in [0, 0.1) is 5.82 Å². The number of halogens is 1. The molecule has 0 N–H and O–H groups in total. The first-order valence-corrected chi connectivity index (χ1v) is 11.6. The number of ether oxygens (including phenoxy) is 1. The molecule has 1 fully saturated rings. The predicted molar refractivity (Wildman–Crippen MR) is 118 cm³/mol. The van der Waals surface area contributed by atoms with Crippen LogP contribution in [-0.4, -0.2) is 36.6 Å². The van der Waals surface area contributed by atoms with Crippen LogP contribution in [0.15, 0.2) is 36.4 Å². The summed E-state index contributed by atoms with van der Waals surface area (Å²) >= 11 is 0. The number of benzene rings is 2. The number of ketones is 2. The van der Waals surface area contributed by atoms with Crippen LogP contribution in [-0.2, 0) is 25.8 Å². The molecule has 1 aliphatic rings. The van der Waals surface area contributed by atoms with E-state index in [4.69, 9.17) is 4.74 Å². The van der Waals surface area contributed by atoms with E-state index in [9.17, 15) is 22.4 Å². The number of hydrogen-bond donors (Lipinski definition) is 0. The fourth-order valence-electron chi connectivity index (χ4n) is 4.21. The second-order valence-electron chi connectivity index (χ2n) is 8.80. The van der Waals surface area contributed by atoms with Gasteiger partial charge in [-0.25, -0.2) is 12.8 Å². The van der Waals surface area contributed by atoms with E-state index in [2.05, 4.69) is 0 Å². The van der Waals surface area contributed by atoms with Crippen LogP contribution in [0.5, 0.6) is 5.75 Å². The molecule has 1 saturated heterocycles. The van der Waals surface area contributed by atoms with Crippen molar-refractivity contribution in [2.45, 2.75) is 56.5 Å². The summed E-state index contributed by atoms with van der Waals surface area (Å²) in [6.07, 6.45) is 0.534. The van der Waals surface area contributed by atoms with Crippen LogP contribution >= 0.6 is 0 Å². The highest BCUT2D eigenvalue weighted by atomic mass is 32.2. The minimum Gasteiger partial charge on any atom is -0.494 e. The van der Waals surface area contributed by atoms with Crippen LogP contribution in [0.1, 0.15) is 51.7 Å². The van der Waals surface area contributed by atoms with Gasteiger partial charge in [-0.05, 0) is 68.5 Å². The third kappa shape index (κ3) is 3.30. The molecular formula is C24H27FO5S. The fourth-order valence-corrected chi connectivity index (χ4v) is 6.25. The fraction of sp³-hybridized carbons (Fsp3) is 0.417. The molecule has 3 rings (SSSR count). The van der Waals surface area contributed by atoms with Crippen LogP contribution < -0.4 is 4.74 Å². The lowest BCUT2D eigenvalue weighted by atomic mass is 9.78. The van der Waals surface area contributed by atoms with Gasteiger partial charge >= 0.3 is 0 Å². The molecular weight excluding hydrogens is 419 g/mol. The number of carbonyl (C=O) groups excluding carboxylic acids is 2. The van der Waals surface area contributed by atoms with Gasteiger partial charge in [-0.1, -0.05) is 31.2 Å². The summed E-state index contributed by atoms with van der Waals surface area (Å²) in [5.74, 6) is -2.72. The Labute approximate surface area is 182 Å². The van der Waals surface area contributed by atoms with E-state index in [0.717, 1.165) is 16.7 Å². The molecule has 0 spiro atoms. The minimum absolute atomic E-state index is 0.117. The van der Waals surface area contributed by atoms with Crippen molar-refractivity contribution in [1.29, 1.82) is 0 Å². The molecule has 0 amide bonds. The highest BCUT2D eigenvalue weighted by Crippen LogP contribution is 2.44. The number of rotatable bonds is 4. The Bertz CT molecular complexity index is 1140. The van der Waals surface area contributed by atoms with Crippen LogP contribution in [0.4, 0.5) is 4.39 Å². The highest BCUT2D eigenvalue weighted by Gasteiger charge is 2.63. The summed E-state index contributed by atoms with van der Waals surface area (Å²) in [6, 6.07) is 9.84. The zero-order valence-electron chi connectivity index (χ0n) is 18.6. The van der Waals surface area contributed by atoms with Gasteiger partial charge < -0.3 is 4.74 Å². The van der Waals surface area contributed by atoms with Gasteiger partial charge in [0, 0.05) is 0 Å². The van der Waals surface area contributed by atoms with E-state index in [-0.39, 0.29) is 5.75 Å². The largest absolute Gasteiger partial charge is 0.494 e. The lowest BCUT2D eigenvalue weighted by Gasteiger charge is -2.42. The quantitative estimate of drug-likeness (QED) is 0.656. The summed E-state index contributed by atoms with van der Waals surface area (Å²) in [4.78, 5) is 26.5. The minimum atomic E-state index is -4.01. The van der Waals surface area contributed by atoms with Crippen molar-refractivity contribution in [3.05, 3.63) is 53.3 Å². The van der Waals surface area contributed by atoms with Crippen LogP contribution in [0.3, 0.4) is 0 Å². The van der Waals surface area contributed by atoms with E-state index < -0.39 is 42.6 Å².